The molecule has 3 fully saturated rings. The van der Waals surface area contributed by atoms with Crippen molar-refractivity contribution in [3.63, 3.8) is 0 Å². The Balaban J connectivity index is 1.38. The van der Waals surface area contributed by atoms with Crippen LogP contribution in [-0.2, 0) is 14.3 Å². The van der Waals surface area contributed by atoms with Crippen molar-refractivity contribution in [2.75, 3.05) is 46.0 Å². The normalized spacial score (nSPS) is 21.9. The highest BCUT2D eigenvalue weighted by atomic mass is 16.5. The van der Waals surface area contributed by atoms with Gasteiger partial charge < -0.3 is 19.3 Å². The van der Waals surface area contributed by atoms with Gasteiger partial charge in [0, 0.05) is 50.1 Å². The van der Waals surface area contributed by atoms with Crippen LogP contribution in [0.3, 0.4) is 0 Å². The Bertz CT molecular complexity index is 1070. The van der Waals surface area contributed by atoms with Crippen molar-refractivity contribution in [1.29, 1.82) is 0 Å². The summed E-state index contributed by atoms with van der Waals surface area (Å²) in [5.74, 6) is -0.347. The van der Waals surface area contributed by atoms with Crippen LogP contribution in [0.2, 0.25) is 0 Å². The molecule has 3 amide bonds. The van der Waals surface area contributed by atoms with Crippen LogP contribution in [0, 0.1) is 6.92 Å². The Morgan fingerprint density at radius 2 is 1.43 bits per heavy atom. The maximum atomic E-state index is 13.8. The van der Waals surface area contributed by atoms with E-state index in [1.165, 1.54) is 0 Å². The Morgan fingerprint density at radius 1 is 0.800 bits per heavy atom. The first-order chi connectivity index (χ1) is 17.0. The number of morpholine rings is 1. The monoisotopic (exact) mass is 477 g/mol. The minimum atomic E-state index is -0.913. The summed E-state index contributed by atoms with van der Waals surface area (Å²) in [5.41, 5.74) is 1.36. The highest BCUT2D eigenvalue weighted by Crippen LogP contribution is 2.39. The molecule has 0 saturated carbocycles. The third kappa shape index (κ3) is 4.56. The maximum Gasteiger partial charge on any atom is 0.256 e. The van der Waals surface area contributed by atoms with E-state index in [0.29, 0.717) is 63.4 Å². The molecule has 0 N–H and O–H groups in total. The molecule has 8 nitrogen and oxygen atoms in total. The summed E-state index contributed by atoms with van der Waals surface area (Å²) in [4.78, 5) is 45.5. The van der Waals surface area contributed by atoms with Gasteiger partial charge in [-0.2, -0.15) is 0 Å². The van der Waals surface area contributed by atoms with E-state index in [2.05, 4.69) is 0 Å². The standard InChI is InChI=1S/C27H31N3O5/c1-20-7-9-22(10-8-20)24(31)28-13-11-27(12-14-28)30(25(32)21-5-3-2-4-6-21)23(19-35-27)26(33)29-15-17-34-18-16-29/h2-10,23H,11-19H2,1H3. The van der Waals surface area contributed by atoms with E-state index in [9.17, 15) is 14.4 Å². The van der Waals surface area contributed by atoms with Crippen molar-refractivity contribution in [3.05, 3.63) is 71.3 Å². The molecular weight excluding hydrogens is 446 g/mol. The van der Waals surface area contributed by atoms with E-state index in [1.807, 2.05) is 54.3 Å². The minimum Gasteiger partial charge on any atom is -0.378 e. The van der Waals surface area contributed by atoms with Gasteiger partial charge in [-0.3, -0.25) is 19.3 Å². The molecule has 8 heteroatoms. The summed E-state index contributed by atoms with van der Waals surface area (Å²) in [6, 6.07) is 15.9. The van der Waals surface area contributed by atoms with Crippen molar-refractivity contribution in [3.8, 4) is 0 Å². The number of piperidine rings is 1. The summed E-state index contributed by atoms with van der Waals surface area (Å²) in [7, 11) is 0. The lowest BCUT2D eigenvalue weighted by Crippen LogP contribution is -2.60. The van der Waals surface area contributed by atoms with Crippen molar-refractivity contribution in [2.45, 2.75) is 31.5 Å². The van der Waals surface area contributed by atoms with Crippen LogP contribution in [-0.4, -0.2) is 90.2 Å². The number of hydrogen-bond donors (Lipinski definition) is 0. The predicted octanol–water partition coefficient (Wildman–Crippen LogP) is 2.33. The lowest BCUT2D eigenvalue weighted by Gasteiger charge is -2.45. The number of ether oxygens (including phenoxy) is 2. The summed E-state index contributed by atoms with van der Waals surface area (Å²) in [6.07, 6.45) is 0.909. The zero-order valence-electron chi connectivity index (χ0n) is 20.0. The number of amides is 3. The molecule has 0 aromatic heterocycles. The highest BCUT2D eigenvalue weighted by Gasteiger charge is 2.55. The topological polar surface area (TPSA) is 79.4 Å². The van der Waals surface area contributed by atoms with Gasteiger partial charge in [0.05, 0.1) is 19.8 Å². The Kier molecular flexibility index (Phi) is 6.58. The van der Waals surface area contributed by atoms with Gasteiger partial charge in [-0.15, -0.1) is 0 Å². The first kappa shape index (κ1) is 23.5. The van der Waals surface area contributed by atoms with Crippen molar-refractivity contribution < 1.29 is 23.9 Å². The van der Waals surface area contributed by atoms with Gasteiger partial charge in [0.25, 0.3) is 11.8 Å². The number of nitrogens with zero attached hydrogens (tertiary/aromatic N) is 3. The van der Waals surface area contributed by atoms with Crippen LogP contribution in [0.4, 0.5) is 0 Å². The lowest BCUT2D eigenvalue weighted by atomic mass is 9.96. The summed E-state index contributed by atoms with van der Waals surface area (Å²) < 4.78 is 11.7. The van der Waals surface area contributed by atoms with Crippen LogP contribution in [0.1, 0.15) is 39.1 Å². The molecule has 3 heterocycles. The zero-order chi connectivity index (χ0) is 24.4. The summed E-state index contributed by atoms with van der Waals surface area (Å²) in [6.45, 7) is 5.04. The fraction of sp³-hybridized carbons (Fsp3) is 0.444. The number of aryl methyl sites for hydroxylation is 1. The van der Waals surface area contributed by atoms with Crippen LogP contribution < -0.4 is 0 Å². The molecule has 3 aliphatic heterocycles. The maximum absolute atomic E-state index is 13.8. The number of hydrogen-bond acceptors (Lipinski definition) is 5. The summed E-state index contributed by atoms with van der Waals surface area (Å²) >= 11 is 0. The van der Waals surface area contributed by atoms with Gasteiger partial charge in [0.15, 0.2) is 0 Å². The average molecular weight is 478 g/mol. The number of likely N-dealkylation sites (tertiary alicyclic amines) is 1. The van der Waals surface area contributed by atoms with Gasteiger partial charge in [-0.1, -0.05) is 35.9 Å². The van der Waals surface area contributed by atoms with Crippen LogP contribution in [0.25, 0.3) is 0 Å². The van der Waals surface area contributed by atoms with Crippen molar-refractivity contribution >= 4 is 17.7 Å². The number of rotatable bonds is 3. The molecule has 1 atom stereocenters. The van der Waals surface area contributed by atoms with Gasteiger partial charge in [0.2, 0.25) is 5.91 Å². The van der Waals surface area contributed by atoms with E-state index in [1.54, 1.807) is 21.9 Å². The molecule has 3 aliphatic rings. The lowest BCUT2D eigenvalue weighted by molar-refractivity contribution is -0.141. The van der Waals surface area contributed by atoms with E-state index in [4.69, 9.17) is 9.47 Å². The fourth-order valence-electron chi connectivity index (χ4n) is 5.21. The molecule has 2 aromatic carbocycles. The molecule has 0 radical (unpaired) electrons. The van der Waals surface area contributed by atoms with Gasteiger partial charge in [0.1, 0.15) is 11.8 Å². The molecule has 1 spiro atoms. The molecule has 0 bridgehead atoms. The van der Waals surface area contributed by atoms with Crippen molar-refractivity contribution in [2.24, 2.45) is 0 Å². The molecule has 1 unspecified atom stereocenters. The number of benzene rings is 2. The molecule has 2 aromatic rings. The largest absolute Gasteiger partial charge is 0.378 e. The molecule has 3 saturated heterocycles. The first-order valence-electron chi connectivity index (χ1n) is 12.2. The fourth-order valence-corrected chi connectivity index (χ4v) is 5.21. The van der Waals surface area contributed by atoms with Crippen molar-refractivity contribution in [1.82, 2.24) is 14.7 Å². The second kappa shape index (κ2) is 9.79. The highest BCUT2D eigenvalue weighted by molar-refractivity contribution is 5.98. The molecule has 0 aliphatic carbocycles. The minimum absolute atomic E-state index is 0.0280. The van der Waals surface area contributed by atoms with Crippen LogP contribution >= 0.6 is 0 Å². The predicted molar refractivity (Wildman–Crippen MR) is 129 cm³/mol. The molecule has 5 rings (SSSR count). The van der Waals surface area contributed by atoms with Gasteiger partial charge >= 0.3 is 0 Å². The molecule has 184 valence electrons. The molecular formula is C27H31N3O5. The SMILES string of the molecule is Cc1ccc(C(=O)N2CCC3(CC2)OCC(C(=O)N2CCOCC2)N3C(=O)c2ccccc2)cc1. The number of carbonyl (C=O) groups is 3. The third-order valence-corrected chi connectivity index (χ3v) is 7.24. The zero-order valence-corrected chi connectivity index (χ0v) is 20.0. The average Bonchev–Trinajstić information content (AvgIpc) is 3.27. The Morgan fingerprint density at radius 3 is 2.09 bits per heavy atom. The number of carbonyl (C=O) groups excluding carboxylic acids is 3. The van der Waals surface area contributed by atoms with E-state index >= 15 is 0 Å². The van der Waals surface area contributed by atoms with Crippen LogP contribution in [0.15, 0.2) is 54.6 Å². The smallest absolute Gasteiger partial charge is 0.256 e. The van der Waals surface area contributed by atoms with E-state index < -0.39 is 11.8 Å². The molecule has 35 heavy (non-hydrogen) atoms. The second-order valence-corrected chi connectivity index (χ2v) is 9.41. The third-order valence-electron chi connectivity index (χ3n) is 7.24. The summed E-state index contributed by atoms with van der Waals surface area (Å²) in [5, 5.41) is 0. The van der Waals surface area contributed by atoms with E-state index in [0.717, 1.165) is 5.56 Å². The Hall–Kier alpha value is -3.23. The van der Waals surface area contributed by atoms with Gasteiger partial charge in [-0.05, 0) is 31.2 Å². The van der Waals surface area contributed by atoms with Gasteiger partial charge in [-0.25, -0.2) is 0 Å². The van der Waals surface area contributed by atoms with Crippen LogP contribution in [0.5, 0.6) is 0 Å². The first-order valence-corrected chi connectivity index (χ1v) is 12.2. The quantitative estimate of drug-likeness (QED) is 0.678. The van der Waals surface area contributed by atoms with E-state index in [-0.39, 0.29) is 24.3 Å². The Labute approximate surface area is 205 Å². The second-order valence-electron chi connectivity index (χ2n) is 9.41.